The monoisotopic (exact) mass is 230 g/mol. The van der Waals surface area contributed by atoms with Gasteiger partial charge in [0.1, 0.15) is 0 Å². The molecule has 3 nitrogen and oxygen atoms in total. The molecular formula is C14H18N2O. The molecule has 0 radical (unpaired) electrons. The van der Waals surface area contributed by atoms with Gasteiger partial charge in [0.05, 0.1) is 6.54 Å². The lowest BCUT2D eigenvalue weighted by Crippen LogP contribution is -2.28. The number of benzene rings is 1. The molecule has 0 atom stereocenters. The third kappa shape index (κ3) is 3.61. The average molecular weight is 230 g/mol. The summed E-state index contributed by atoms with van der Waals surface area (Å²) in [4.78, 5) is 13.7. The van der Waals surface area contributed by atoms with Crippen LogP contribution >= 0.6 is 0 Å². The van der Waals surface area contributed by atoms with Crippen LogP contribution in [-0.2, 0) is 6.42 Å². The molecule has 0 aliphatic heterocycles. The number of likely N-dealkylation sites (N-methyl/N-ethyl adjacent to an activating group) is 1. The van der Waals surface area contributed by atoms with Gasteiger partial charge in [-0.3, -0.25) is 4.79 Å². The second-order valence-corrected chi connectivity index (χ2v) is 3.88. The highest BCUT2D eigenvalue weighted by Crippen LogP contribution is 2.11. The van der Waals surface area contributed by atoms with Crippen molar-refractivity contribution in [2.75, 3.05) is 27.2 Å². The molecule has 0 saturated carbocycles. The third-order valence-electron chi connectivity index (χ3n) is 2.57. The van der Waals surface area contributed by atoms with Crippen molar-refractivity contribution >= 4 is 5.91 Å². The van der Waals surface area contributed by atoms with Gasteiger partial charge in [-0.15, -0.1) is 6.42 Å². The Morgan fingerprint density at radius 2 is 2.18 bits per heavy atom. The molecule has 0 saturated heterocycles. The predicted molar refractivity (Wildman–Crippen MR) is 69.9 cm³/mol. The van der Waals surface area contributed by atoms with Crippen molar-refractivity contribution in [1.82, 2.24) is 10.2 Å². The molecule has 0 aromatic heterocycles. The lowest BCUT2D eigenvalue weighted by molar-refractivity contribution is 0.0811. The number of hydrogen-bond acceptors (Lipinski definition) is 2. The fraction of sp³-hybridized carbons (Fsp3) is 0.357. The summed E-state index contributed by atoms with van der Waals surface area (Å²) in [5.74, 6) is 2.45. The van der Waals surface area contributed by atoms with E-state index in [-0.39, 0.29) is 5.91 Å². The van der Waals surface area contributed by atoms with Gasteiger partial charge < -0.3 is 10.2 Å². The van der Waals surface area contributed by atoms with E-state index in [1.165, 1.54) is 0 Å². The molecule has 0 spiro atoms. The molecule has 90 valence electrons. The number of nitrogens with one attached hydrogen (secondary N) is 1. The molecule has 0 unspecified atom stereocenters. The Kier molecular flexibility index (Phi) is 5.25. The quantitative estimate of drug-likeness (QED) is 0.770. The van der Waals surface area contributed by atoms with Crippen LogP contribution in [0.3, 0.4) is 0 Å². The van der Waals surface area contributed by atoms with Crippen molar-refractivity contribution in [3.05, 3.63) is 35.4 Å². The number of terminal acetylenes is 1. The summed E-state index contributed by atoms with van der Waals surface area (Å²) in [5, 5.41) is 3.08. The first-order chi connectivity index (χ1) is 8.20. The molecule has 0 bridgehead atoms. The standard InChI is InChI=1S/C14H18N2O/c1-4-11-16(3)14(17)13-8-6-5-7-12(13)9-10-15-2/h1,5-8,15H,9-11H2,2-3H3. The van der Waals surface area contributed by atoms with Crippen molar-refractivity contribution in [3.63, 3.8) is 0 Å². The molecule has 17 heavy (non-hydrogen) atoms. The molecule has 1 amide bonds. The number of carbonyl (C=O) groups excluding carboxylic acids is 1. The molecule has 3 heteroatoms. The number of amides is 1. The fourth-order valence-corrected chi connectivity index (χ4v) is 1.62. The van der Waals surface area contributed by atoms with Crippen molar-refractivity contribution in [3.8, 4) is 12.3 Å². The van der Waals surface area contributed by atoms with Gasteiger partial charge in [0.2, 0.25) is 0 Å². The zero-order valence-electron chi connectivity index (χ0n) is 10.4. The maximum absolute atomic E-state index is 12.1. The Hall–Kier alpha value is -1.79. The van der Waals surface area contributed by atoms with Crippen LogP contribution in [0.4, 0.5) is 0 Å². The van der Waals surface area contributed by atoms with E-state index in [0.29, 0.717) is 6.54 Å². The maximum Gasteiger partial charge on any atom is 0.254 e. The Morgan fingerprint density at radius 3 is 2.82 bits per heavy atom. The number of rotatable bonds is 5. The summed E-state index contributed by atoms with van der Waals surface area (Å²) in [6.45, 7) is 1.18. The van der Waals surface area contributed by atoms with Gasteiger partial charge in [-0.25, -0.2) is 0 Å². The van der Waals surface area contributed by atoms with Gasteiger partial charge in [0.15, 0.2) is 0 Å². The topological polar surface area (TPSA) is 32.3 Å². The summed E-state index contributed by atoms with van der Waals surface area (Å²) in [7, 11) is 3.62. The smallest absolute Gasteiger partial charge is 0.254 e. The van der Waals surface area contributed by atoms with E-state index in [1.807, 2.05) is 31.3 Å². The zero-order valence-corrected chi connectivity index (χ0v) is 10.4. The van der Waals surface area contributed by atoms with E-state index in [2.05, 4.69) is 11.2 Å². The van der Waals surface area contributed by atoms with Gasteiger partial charge in [0.25, 0.3) is 5.91 Å². The first kappa shape index (κ1) is 13.3. The normalized spacial score (nSPS) is 9.71. The zero-order chi connectivity index (χ0) is 12.7. The van der Waals surface area contributed by atoms with Crippen molar-refractivity contribution in [2.45, 2.75) is 6.42 Å². The van der Waals surface area contributed by atoms with Crippen LogP contribution in [-0.4, -0.2) is 38.0 Å². The van der Waals surface area contributed by atoms with Crippen LogP contribution in [0.25, 0.3) is 0 Å². The molecule has 1 aromatic rings. The van der Waals surface area contributed by atoms with E-state index in [1.54, 1.807) is 11.9 Å². The average Bonchev–Trinajstić information content (AvgIpc) is 2.36. The molecular weight excluding hydrogens is 212 g/mol. The Morgan fingerprint density at radius 1 is 1.47 bits per heavy atom. The minimum atomic E-state index is -0.0188. The number of nitrogens with zero attached hydrogens (tertiary/aromatic N) is 1. The second-order valence-electron chi connectivity index (χ2n) is 3.88. The number of carbonyl (C=O) groups is 1. The van der Waals surface area contributed by atoms with E-state index in [9.17, 15) is 4.79 Å². The minimum Gasteiger partial charge on any atom is -0.331 e. The highest BCUT2D eigenvalue weighted by atomic mass is 16.2. The summed E-state index contributed by atoms with van der Waals surface area (Å²) in [6, 6.07) is 7.65. The predicted octanol–water partition coefficient (Wildman–Crippen LogP) is 1.15. The lowest BCUT2D eigenvalue weighted by atomic mass is 10.0. The Bertz CT molecular complexity index is 420. The first-order valence-electron chi connectivity index (χ1n) is 5.62. The van der Waals surface area contributed by atoms with Gasteiger partial charge in [-0.2, -0.15) is 0 Å². The molecule has 1 aromatic carbocycles. The number of hydrogen-bond donors (Lipinski definition) is 1. The molecule has 1 N–H and O–H groups in total. The van der Waals surface area contributed by atoms with E-state index in [4.69, 9.17) is 6.42 Å². The summed E-state index contributed by atoms with van der Waals surface area (Å²) >= 11 is 0. The Balaban J connectivity index is 2.89. The SMILES string of the molecule is C#CCN(C)C(=O)c1ccccc1CCNC. The van der Waals surface area contributed by atoms with Crippen LogP contribution in [0.15, 0.2) is 24.3 Å². The fourth-order valence-electron chi connectivity index (χ4n) is 1.62. The van der Waals surface area contributed by atoms with Gasteiger partial charge in [-0.05, 0) is 31.6 Å². The van der Waals surface area contributed by atoms with Gasteiger partial charge in [-0.1, -0.05) is 24.1 Å². The van der Waals surface area contributed by atoms with Crippen molar-refractivity contribution < 1.29 is 4.79 Å². The molecule has 0 fully saturated rings. The molecule has 0 aliphatic rings. The summed E-state index contributed by atoms with van der Waals surface area (Å²) in [6.07, 6.45) is 6.05. The van der Waals surface area contributed by atoms with E-state index in [0.717, 1.165) is 24.1 Å². The van der Waals surface area contributed by atoms with Gasteiger partial charge in [0, 0.05) is 12.6 Å². The first-order valence-corrected chi connectivity index (χ1v) is 5.62. The van der Waals surface area contributed by atoms with Crippen molar-refractivity contribution in [1.29, 1.82) is 0 Å². The highest BCUT2D eigenvalue weighted by Gasteiger charge is 2.13. The van der Waals surface area contributed by atoms with Gasteiger partial charge >= 0.3 is 0 Å². The minimum absolute atomic E-state index is 0.0188. The van der Waals surface area contributed by atoms with E-state index < -0.39 is 0 Å². The molecule has 0 aliphatic carbocycles. The van der Waals surface area contributed by atoms with Crippen LogP contribution in [0.2, 0.25) is 0 Å². The van der Waals surface area contributed by atoms with Crippen LogP contribution in [0.5, 0.6) is 0 Å². The van der Waals surface area contributed by atoms with Crippen molar-refractivity contribution in [2.24, 2.45) is 0 Å². The summed E-state index contributed by atoms with van der Waals surface area (Å²) < 4.78 is 0. The third-order valence-corrected chi connectivity index (χ3v) is 2.57. The molecule has 1 rings (SSSR count). The highest BCUT2D eigenvalue weighted by molar-refractivity contribution is 5.95. The second kappa shape index (κ2) is 6.72. The molecule has 0 heterocycles. The lowest BCUT2D eigenvalue weighted by Gasteiger charge is -2.16. The van der Waals surface area contributed by atoms with E-state index >= 15 is 0 Å². The Labute approximate surface area is 103 Å². The van der Waals surface area contributed by atoms with Crippen LogP contribution in [0, 0.1) is 12.3 Å². The van der Waals surface area contributed by atoms with Crippen LogP contribution in [0.1, 0.15) is 15.9 Å². The van der Waals surface area contributed by atoms with Crippen LogP contribution < -0.4 is 5.32 Å². The maximum atomic E-state index is 12.1. The summed E-state index contributed by atoms with van der Waals surface area (Å²) in [5.41, 5.74) is 1.79. The largest absolute Gasteiger partial charge is 0.331 e.